The van der Waals surface area contributed by atoms with Crippen molar-refractivity contribution in [3.05, 3.63) is 57.9 Å². The Hall–Kier alpha value is -2.90. The van der Waals surface area contributed by atoms with Crippen molar-refractivity contribution in [1.29, 1.82) is 0 Å². The van der Waals surface area contributed by atoms with Gasteiger partial charge in [0.25, 0.3) is 17.7 Å². The Morgan fingerprint density at radius 3 is 2.00 bits per heavy atom. The number of hydrogen-bond acceptors (Lipinski definition) is 3. The molecule has 8 heteroatoms. The highest BCUT2D eigenvalue weighted by Gasteiger charge is 2.54. The standard InChI is InChI=1S/C34H51F3N2O3/c1-12-21(4)16-17-28(24(7)23(6)27(10)35)38-31(41)29(22(5)15-13-14-20(2)3)25(8)26(9)30(40)32(42)39-33(11)18-34(36,37)19-33/h16-17,20-21,27H,6,12-15,18-19H2,1-5,7-11H3,(H,38,41)(H,39,42)/b17-16-,26-25+,28-24+,29-22-. The molecule has 236 valence electrons. The Bertz CT molecular complexity index is 1160. The number of amides is 2. The molecule has 0 heterocycles. The number of carbonyl (C=O) groups excluding carboxylic acids is 3. The van der Waals surface area contributed by atoms with Crippen molar-refractivity contribution in [2.45, 2.75) is 125 Å². The first-order valence-corrected chi connectivity index (χ1v) is 14.9. The largest absolute Gasteiger partial charge is 0.344 e. The SMILES string of the molecule is C=C(/C(C)=C(\C=C/C(C)CC)NC(=O)C(=C(/C)CCCC(C)C)/C(C)=C(\C)C(=O)C(=O)NC1(C)CC(F)(F)C1)C(C)F. The van der Waals surface area contributed by atoms with E-state index in [2.05, 4.69) is 31.1 Å². The first kappa shape index (κ1) is 37.1. The monoisotopic (exact) mass is 592 g/mol. The van der Waals surface area contributed by atoms with E-state index in [4.69, 9.17) is 0 Å². The number of hydrogen-bond donors (Lipinski definition) is 2. The number of ketones is 1. The Balaban J connectivity index is 3.53. The summed E-state index contributed by atoms with van der Waals surface area (Å²) in [7, 11) is 0. The van der Waals surface area contributed by atoms with Gasteiger partial charge in [-0.2, -0.15) is 0 Å². The number of alkyl halides is 3. The topological polar surface area (TPSA) is 75.3 Å². The molecule has 0 spiro atoms. The summed E-state index contributed by atoms with van der Waals surface area (Å²) in [6.45, 7) is 21.6. The summed E-state index contributed by atoms with van der Waals surface area (Å²) in [5, 5.41) is 5.37. The van der Waals surface area contributed by atoms with Crippen molar-refractivity contribution < 1.29 is 27.6 Å². The zero-order valence-corrected chi connectivity index (χ0v) is 27.2. The first-order chi connectivity index (χ1) is 19.2. The Kier molecular flexibility index (Phi) is 13.7. The van der Waals surface area contributed by atoms with Crippen LogP contribution in [0.4, 0.5) is 13.2 Å². The lowest BCUT2D eigenvalue weighted by molar-refractivity contribution is -0.149. The fourth-order valence-electron chi connectivity index (χ4n) is 4.93. The minimum Gasteiger partial charge on any atom is -0.344 e. The molecule has 2 amide bonds. The van der Waals surface area contributed by atoms with Crippen LogP contribution < -0.4 is 10.6 Å². The molecule has 0 aromatic heterocycles. The van der Waals surface area contributed by atoms with Crippen molar-refractivity contribution in [3.63, 3.8) is 0 Å². The molecular formula is C34H51F3N2O3. The molecule has 0 saturated heterocycles. The van der Waals surface area contributed by atoms with Gasteiger partial charge in [0.05, 0.1) is 0 Å². The molecule has 1 saturated carbocycles. The number of rotatable bonds is 15. The lowest BCUT2D eigenvalue weighted by Crippen LogP contribution is -2.61. The van der Waals surface area contributed by atoms with Gasteiger partial charge in [0.1, 0.15) is 6.17 Å². The molecule has 0 bridgehead atoms. The maximum Gasteiger partial charge on any atom is 0.292 e. The number of nitrogens with one attached hydrogen (secondary N) is 2. The van der Waals surface area contributed by atoms with E-state index in [0.29, 0.717) is 29.2 Å². The molecule has 1 rings (SSSR count). The molecule has 42 heavy (non-hydrogen) atoms. The second kappa shape index (κ2) is 15.5. The summed E-state index contributed by atoms with van der Waals surface area (Å²) in [5.41, 5.74) is 1.34. The van der Waals surface area contributed by atoms with Gasteiger partial charge in [-0.1, -0.05) is 58.8 Å². The van der Waals surface area contributed by atoms with E-state index >= 15 is 0 Å². The van der Waals surface area contributed by atoms with E-state index in [0.717, 1.165) is 24.8 Å². The van der Waals surface area contributed by atoms with Crippen LogP contribution in [0, 0.1) is 11.8 Å². The minimum atomic E-state index is -2.87. The average molecular weight is 593 g/mol. The second-order valence-electron chi connectivity index (χ2n) is 12.6. The van der Waals surface area contributed by atoms with Crippen LogP contribution in [-0.2, 0) is 14.4 Å². The second-order valence-corrected chi connectivity index (χ2v) is 12.6. The van der Waals surface area contributed by atoms with Crippen LogP contribution in [0.2, 0.25) is 0 Å². The van der Waals surface area contributed by atoms with Crippen LogP contribution in [0.3, 0.4) is 0 Å². The van der Waals surface area contributed by atoms with Crippen LogP contribution in [0.5, 0.6) is 0 Å². The lowest BCUT2D eigenvalue weighted by Gasteiger charge is -2.45. The van der Waals surface area contributed by atoms with Crippen molar-refractivity contribution in [3.8, 4) is 0 Å². The van der Waals surface area contributed by atoms with Gasteiger partial charge in [0.15, 0.2) is 0 Å². The first-order valence-electron chi connectivity index (χ1n) is 14.9. The minimum absolute atomic E-state index is 0.0507. The molecule has 1 aliphatic carbocycles. The quantitative estimate of drug-likeness (QED) is 0.114. The third-order valence-electron chi connectivity index (χ3n) is 8.03. The highest BCUT2D eigenvalue weighted by molar-refractivity contribution is 6.43. The van der Waals surface area contributed by atoms with Crippen LogP contribution in [-0.4, -0.2) is 35.2 Å². The molecule has 2 N–H and O–H groups in total. The van der Waals surface area contributed by atoms with Crippen molar-refractivity contribution in [1.82, 2.24) is 10.6 Å². The summed E-state index contributed by atoms with van der Waals surface area (Å²) in [5.74, 6) is -4.54. The third kappa shape index (κ3) is 10.7. The maximum absolute atomic E-state index is 14.2. The van der Waals surface area contributed by atoms with Crippen LogP contribution >= 0.6 is 0 Å². The predicted octanol–water partition coefficient (Wildman–Crippen LogP) is 8.25. The van der Waals surface area contributed by atoms with Crippen molar-refractivity contribution in [2.75, 3.05) is 0 Å². The van der Waals surface area contributed by atoms with Gasteiger partial charge in [-0.25, -0.2) is 13.2 Å². The summed E-state index contributed by atoms with van der Waals surface area (Å²) >= 11 is 0. The van der Waals surface area contributed by atoms with Gasteiger partial charge < -0.3 is 10.6 Å². The molecular weight excluding hydrogens is 541 g/mol. The van der Waals surface area contributed by atoms with Gasteiger partial charge in [-0.15, -0.1) is 0 Å². The van der Waals surface area contributed by atoms with E-state index in [1.165, 1.54) is 20.8 Å². The van der Waals surface area contributed by atoms with Crippen LogP contribution in [0.1, 0.15) is 108 Å². The van der Waals surface area contributed by atoms with E-state index in [9.17, 15) is 27.6 Å². The number of Topliss-reactive ketones (excluding diaryl/α,β-unsaturated/α-hetero) is 1. The number of halogens is 3. The Labute approximate surface area is 250 Å². The molecule has 1 aliphatic rings. The highest BCUT2D eigenvalue weighted by Crippen LogP contribution is 2.45. The van der Waals surface area contributed by atoms with Crippen molar-refractivity contribution >= 4 is 17.6 Å². The summed E-state index contributed by atoms with van der Waals surface area (Å²) in [6, 6.07) is 0. The van der Waals surface area contributed by atoms with Crippen molar-refractivity contribution in [2.24, 2.45) is 11.8 Å². The van der Waals surface area contributed by atoms with Crippen LogP contribution in [0.15, 0.2) is 57.9 Å². The Morgan fingerprint density at radius 2 is 1.52 bits per heavy atom. The van der Waals surface area contributed by atoms with E-state index in [-0.39, 0.29) is 22.6 Å². The third-order valence-corrected chi connectivity index (χ3v) is 8.03. The molecule has 0 aromatic carbocycles. The number of allylic oxidation sites excluding steroid dienone is 5. The van der Waals surface area contributed by atoms with Gasteiger partial charge in [0.2, 0.25) is 5.78 Å². The zero-order valence-electron chi connectivity index (χ0n) is 27.2. The maximum atomic E-state index is 14.2. The normalized spacial score (nSPS) is 19.2. The Morgan fingerprint density at radius 1 is 0.952 bits per heavy atom. The van der Waals surface area contributed by atoms with E-state index in [1.54, 1.807) is 19.9 Å². The van der Waals surface area contributed by atoms with Gasteiger partial charge in [-0.05, 0) is 89.0 Å². The van der Waals surface area contributed by atoms with Gasteiger partial charge in [-0.3, -0.25) is 14.4 Å². The fourth-order valence-corrected chi connectivity index (χ4v) is 4.93. The fraction of sp³-hybridized carbons (Fsp3) is 0.618. The summed E-state index contributed by atoms with van der Waals surface area (Å²) in [6.07, 6.45) is 4.51. The molecule has 0 aliphatic heterocycles. The highest BCUT2D eigenvalue weighted by atomic mass is 19.3. The predicted molar refractivity (Wildman–Crippen MR) is 165 cm³/mol. The molecule has 2 unspecified atom stereocenters. The molecule has 0 radical (unpaired) electrons. The molecule has 2 atom stereocenters. The van der Waals surface area contributed by atoms with Gasteiger partial charge >= 0.3 is 0 Å². The van der Waals surface area contributed by atoms with Gasteiger partial charge in [0, 0.05) is 35.2 Å². The number of carbonyl (C=O) groups is 3. The van der Waals surface area contributed by atoms with E-state index in [1.807, 2.05) is 26.8 Å². The molecule has 5 nitrogen and oxygen atoms in total. The smallest absolute Gasteiger partial charge is 0.292 e. The zero-order chi connectivity index (χ0) is 32.6. The lowest BCUT2D eigenvalue weighted by atomic mass is 9.75. The summed E-state index contributed by atoms with van der Waals surface area (Å²) < 4.78 is 41.1. The molecule has 0 aromatic rings. The average Bonchev–Trinajstić information content (AvgIpc) is 2.87. The summed E-state index contributed by atoms with van der Waals surface area (Å²) in [4.78, 5) is 39.8. The van der Waals surface area contributed by atoms with E-state index < -0.39 is 48.1 Å². The molecule has 1 fully saturated rings. The van der Waals surface area contributed by atoms with Crippen LogP contribution in [0.25, 0.3) is 0 Å².